The van der Waals surface area contributed by atoms with Crippen molar-refractivity contribution in [1.29, 1.82) is 0 Å². The fourth-order valence-electron chi connectivity index (χ4n) is 1.75. The van der Waals surface area contributed by atoms with Gasteiger partial charge in [0.15, 0.2) is 0 Å². The number of halogens is 1. The Balaban J connectivity index is 2.21. The number of carbonyl (C=O) groups is 1. The summed E-state index contributed by atoms with van der Waals surface area (Å²) >= 11 is 0. The molecule has 0 radical (unpaired) electrons. The normalized spacial score (nSPS) is 10.7. The fraction of sp³-hybridized carbons (Fsp3) is 0.308. The van der Waals surface area contributed by atoms with Crippen molar-refractivity contribution in [3.05, 3.63) is 40.7 Å². The van der Waals surface area contributed by atoms with Crippen LogP contribution in [0.5, 0.6) is 0 Å². The number of hydrogen-bond donors (Lipinski definition) is 1. The minimum atomic E-state index is -0.515. The molecule has 1 N–H and O–H groups in total. The molecule has 1 aromatic carbocycles. The van der Waals surface area contributed by atoms with Gasteiger partial charge in [-0.25, -0.2) is 9.37 Å². The Morgan fingerprint density at radius 1 is 1.50 bits per heavy atom. The summed E-state index contributed by atoms with van der Waals surface area (Å²) < 4.78 is 19.1. The highest BCUT2D eigenvalue weighted by molar-refractivity contribution is 5.78. The standard InChI is InChI=1S/C13H14FN3O3/c1-20-5-4-15-12(18)7-17-8-16-11-3-2-9(14)6-10(11)13(17)19/h2-3,6,8H,4-5,7H2,1H3,(H,15,18). The summed E-state index contributed by atoms with van der Waals surface area (Å²) in [5, 5.41) is 2.74. The van der Waals surface area contributed by atoms with E-state index in [1.165, 1.54) is 25.6 Å². The van der Waals surface area contributed by atoms with E-state index >= 15 is 0 Å². The Morgan fingerprint density at radius 3 is 3.05 bits per heavy atom. The lowest BCUT2D eigenvalue weighted by Gasteiger charge is -2.07. The average molecular weight is 279 g/mol. The van der Waals surface area contributed by atoms with E-state index in [1.807, 2.05) is 0 Å². The number of aromatic nitrogens is 2. The molecule has 1 aromatic heterocycles. The molecule has 0 aliphatic rings. The summed E-state index contributed by atoms with van der Waals surface area (Å²) in [6.07, 6.45) is 1.28. The first kappa shape index (κ1) is 14.1. The van der Waals surface area contributed by atoms with Gasteiger partial charge in [0.1, 0.15) is 12.4 Å². The Bertz CT molecular complexity index is 684. The predicted octanol–water partition coefficient (Wildman–Crippen LogP) is 0.298. The molecule has 0 spiro atoms. The lowest BCUT2D eigenvalue weighted by Crippen LogP contribution is -2.34. The van der Waals surface area contributed by atoms with Crippen LogP contribution in [0.1, 0.15) is 0 Å². The van der Waals surface area contributed by atoms with Crippen molar-refractivity contribution >= 4 is 16.8 Å². The molecule has 0 saturated carbocycles. The van der Waals surface area contributed by atoms with Crippen LogP contribution in [0.15, 0.2) is 29.3 Å². The topological polar surface area (TPSA) is 73.2 Å². The van der Waals surface area contributed by atoms with Crippen LogP contribution in [-0.2, 0) is 16.1 Å². The Labute approximate surface area is 114 Å². The monoisotopic (exact) mass is 279 g/mol. The van der Waals surface area contributed by atoms with E-state index in [-0.39, 0.29) is 17.8 Å². The summed E-state index contributed by atoms with van der Waals surface area (Å²) in [7, 11) is 1.53. The number of ether oxygens (including phenoxy) is 1. The maximum absolute atomic E-state index is 13.1. The molecule has 0 bridgehead atoms. The molecule has 7 heteroatoms. The molecule has 0 saturated heterocycles. The zero-order valence-electron chi connectivity index (χ0n) is 10.9. The van der Waals surface area contributed by atoms with Crippen molar-refractivity contribution in [3.8, 4) is 0 Å². The number of nitrogens with zero attached hydrogens (tertiary/aromatic N) is 2. The predicted molar refractivity (Wildman–Crippen MR) is 70.8 cm³/mol. The highest BCUT2D eigenvalue weighted by atomic mass is 19.1. The van der Waals surface area contributed by atoms with Gasteiger partial charge < -0.3 is 10.1 Å². The van der Waals surface area contributed by atoms with Crippen LogP contribution in [0.2, 0.25) is 0 Å². The highest BCUT2D eigenvalue weighted by Gasteiger charge is 2.08. The van der Waals surface area contributed by atoms with Gasteiger partial charge in [0.05, 0.1) is 23.8 Å². The molecule has 1 amide bonds. The maximum atomic E-state index is 13.1. The Kier molecular flexibility index (Phi) is 4.41. The van der Waals surface area contributed by atoms with Crippen LogP contribution in [0.4, 0.5) is 4.39 Å². The zero-order valence-corrected chi connectivity index (χ0v) is 10.9. The molecular formula is C13H14FN3O3. The summed E-state index contributed by atoms with van der Waals surface area (Å²) in [5.74, 6) is -0.847. The van der Waals surface area contributed by atoms with Gasteiger partial charge in [0, 0.05) is 13.7 Å². The van der Waals surface area contributed by atoms with Gasteiger partial charge in [0.25, 0.3) is 5.56 Å². The summed E-state index contributed by atoms with van der Waals surface area (Å²) in [4.78, 5) is 27.7. The molecule has 1 heterocycles. The molecule has 106 valence electrons. The first-order valence-corrected chi connectivity index (χ1v) is 6.02. The molecule has 0 aliphatic carbocycles. The molecule has 2 aromatic rings. The van der Waals surface area contributed by atoms with E-state index in [1.54, 1.807) is 0 Å². The third kappa shape index (κ3) is 3.18. The van der Waals surface area contributed by atoms with Gasteiger partial charge in [-0.3, -0.25) is 14.2 Å². The van der Waals surface area contributed by atoms with Crippen molar-refractivity contribution in [2.24, 2.45) is 0 Å². The van der Waals surface area contributed by atoms with Crippen molar-refractivity contribution in [1.82, 2.24) is 14.9 Å². The molecule has 6 nitrogen and oxygen atoms in total. The molecule has 0 aliphatic heterocycles. The second-order valence-corrected chi connectivity index (χ2v) is 4.18. The number of carbonyl (C=O) groups excluding carboxylic acids is 1. The molecule has 0 unspecified atom stereocenters. The number of fused-ring (bicyclic) bond motifs is 1. The summed E-state index contributed by atoms with van der Waals surface area (Å²) in [6.45, 7) is 0.587. The van der Waals surface area contributed by atoms with Crippen molar-refractivity contribution in [2.75, 3.05) is 20.3 Å². The van der Waals surface area contributed by atoms with Gasteiger partial charge in [0.2, 0.25) is 5.91 Å². The maximum Gasteiger partial charge on any atom is 0.261 e. The third-order valence-electron chi connectivity index (χ3n) is 2.73. The van der Waals surface area contributed by atoms with Gasteiger partial charge in [-0.1, -0.05) is 0 Å². The fourth-order valence-corrected chi connectivity index (χ4v) is 1.75. The highest BCUT2D eigenvalue weighted by Crippen LogP contribution is 2.08. The van der Waals surface area contributed by atoms with Gasteiger partial charge in [-0.05, 0) is 18.2 Å². The molecule has 0 atom stereocenters. The lowest BCUT2D eigenvalue weighted by atomic mass is 10.2. The second kappa shape index (κ2) is 6.25. The number of benzene rings is 1. The number of nitrogens with one attached hydrogen (secondary N) is 1. The number of methoxy groups -OCH3 is 1. The third-order valence-corrected chi connectivity index (χ3v) is 2.73. The van der Waals surface area contributed by atoms with Crippen LogP contribution >= 0.6 is 0 Å². The van der Waals surface area contributed by atoms with E-state index < -0.39 is 11.4 Å². The zero-order chi connectivity index (χ0) is 14.5. The minimum Gasteiger partial charge on any atom is -0.383 e. The van der Waals surface area contributed by atoms with E-state index in [2.05, 4.69) is 10.3 Å². The number of rotatable bonds is 5. The van der Waals surface area contributed by atoms with E-state index in [9.17, 15) is 14.0 Å². The van der Waals surface area contributed by atoms with Crippen molar-refractivity contribution in [3.63, 3.8) is 0 Å². The van der Waals surface area contributed by atoms with Gasteiger partial charge >= 0.3 is 0 Å². The molecule has 20 heavy (non-hydrogen) atoms. The quantitative estimate of drug-likeness (QED) is 0.799. The van der Waals surface area contributed by atoms with E-state index in [4.69, 9.17) is 4.74 Å². The van der Waals surface area contributed by atoms with Crippen LogP contribution < -0.4 is 10.9 Å². The largest absolute Gasteiger partial charge is 0.383 e. The smallest absolute Gasteiger partial charge is 0.261 e. The van der Waals surface area contributed by atoms with Crippen LogP contribution in [-0.4, -0.2) is 35.7 Å². The van der Waals surface area contributed by atoms with Crippen molar-refractivity contribution in [2.45, 2.75) is 6.54 Å². The molecular weight excluding hydrogens is 265 g/mol. The number of hydrogen-bond acceptors (Lipinski definition) is 4. The van der Waals surface area contributed by atoms with Gasteiger partial charge in [-0.2, -0.15) is 0 Å². The lowest BCUT2D eigenvalue weighted by molar-refractivity contribution is -0.121. The first-order valence-electron chi connectivity index (χ1n) is 6.02. The van der Waals surface area contributed by atoms with Crippen LogP contribution in [0.3, 0.4) is 0 Å². The van der Waals surface area contributed by atoms with Crippen LogP contribution in [0, 0.1) is 5.82 Å². The SMILES string of the molecule is COCCNC(=O)Cn1cnc2ccc(F)cc2c1=O. The number of amides is 1. The molecule has 0 fully saturated rings. The average Bonchev–Trinajstić information content (AvgIpc) is 2.43. The molecule has 2 rings (SSSR count). The minimum absolute atomic E-state index is 0.150. The Hall–Kier alpha value is -2.28. The van der Waals surface area contributed by atoms with Crippen molar-refractivity contribution < 1.29 is 13.9 Å². The van der Waals surface area contributed by atoms with E-state index in [0.717, 1.165) is 10.6 Å². The Morgan fingerprint density at radius 2 is 2.30 bits per heavy atom. The summed E-state index contributed by atoms with van der Waals surface area (Å²) in [5.41, 5.74) is -0.0520. The first-order chi connectivity index (χ1) is 9.61. The van der Waals surface area contributed by atoms with E-state index in [0.29, 0.717) is 18.7 Å². The van der Waals surface area contributed by atoms with Crippen LogP contribution in [0.25, 0.3) is 10.9 Å². The second-order valence-electron chi connectivity index (χ2n) is 4.18. The summed E-state index contributed by atoms with van der Waals surface area (Å²) in [6, 6.07) is 3.77. The van der Waals surface area contributed by atoms with Gasteiger partial charge in [-0.15, -0.1) is 0 Å².